The summed E-state index contributed by atoms with van der Waals surface area (Å²) in [7, 11) is 4.07. The van der Waals surface area contributed by atoms with Crippen molar-refractivity contribution in [2.45, 2.75) is 25.8 Å². The van der Waals surface area contributed by atoms with Gasteiger partial charge in [-0.3, -0.25) is 4.79 Å². The molecular formula is C15H25N3O. The third-order valence-corrected chi connectivity index (χ3v) is 3.06. The summed E-state index contributed by atoms with van der Waals surface area (Å²) in [6, 6.07) is 7.82. The monoisotopic (exact) mass is 263 g/mol. The molecular weight excluding hydrogens is 238 g/mol. The minimum atomic E-state index is -0.00435. The summed E-state index contributed by atoms with van der Waals surface area (Å²) in [6.45, 7) is 3.55. The number of nitrogens with zero attached hydrogens (tertiary/aromatic N) is 1. The van der Waals surface area contributed by atoms with Gasteiger partial charge in [-0.05, 0) is 58.6 Å². The van der Waals surface area contributed by atoms with E-state index in [1.54, 1.807) is 0 Å². The van der Waals surface area contributed by atoms with Crippen molar-refractivity contribution in [2.24, 2.45) is 5.73 Å². The summed E-state index contributed by atoms with van der Waals surface area (Å²) in [4.78, 5) is 14.3. The Morgan fingerprint density at radius 2 is 2.05 bits per heavy atom. The van der Waals surface area contributed by atoms with E-state index in [0.29, 0.717) is 6.54 Å². The van der Waals surface area contributed by atoms with E-state index in [0.717, 1.165) is 30.5 Å². The lowest BCUT2D eigenvalue weighted by Crippen LogP contribution is -2.35. The molecule has 0 aliphatic carbocycles. The zero-order valence-electron chi connectivity index (χ0n) is 12.1. The summed E-state index contributed by atoms with van der Waals surface area (Å²) in [5.41, 5.74) is 7.33. The lowest BCUT2D eigenvalue weighted by atomic mass is 10.0. The van der Waals surface area contributed by atoms with E-state index < -0.39 is 0 Å². The van der Waals surface area contributed by atoms with E-state index in [1.165, 1.54) is 0 Å². The van der Waals surface area contributed by atoms with E-state index in [2.05, 4.69) is 10.2 Å². The lowest BCUT2D eigenvalue weighted by molar-refractivity contribution is 0.0936. The van der Waals surface area contributed by atoms with Crippen LogP contribution in [0.2, 0.25) is 0 Å². The van der Waals surface area contributed by atoms with Crippen LogP contribution >= 0.6 is 0 Å². The number of benzene rings is 1. The summed E-state index contributed by atoms with van der Waals surface area (Å²) >= 11 is 0. The van der Waals surface area contributed by atoms with Crippen molar-refractivity contribution in [1.29, 1.82) is 0 Å². The van der Waals surface area contributed by atoms with Gasteiger partial charge in [-0.1, -0.05) is 18.2 Å². The lowest BCUT2D eigenvalue weighted by Gasteiger charge is -2.17. The number of hydrogen-bond acceptors (Lipinski definition) is 3. The molecule has 0 radical (unpaired) electrons. The third-order valence-electron chi connectivity index (χ3n) is 3.06. The molecule has 19 heavy (non-hydrogen) atoms. The van der Waals surface area contributed by atoms with Gasteiger partial charge in [-0.25, -0.2) is 0 Å². The fourth-order valence-electron chi connectivity index (χ4n) is 1.94. The SMILES string of the molecule is CC(CCN(C)C)NC(=O)c1ccccc1CCN. The predicted octanol–water partition coefficient (Wildman–Crippen LogP) is 1.26. The van der Waals surface area contributed by atoms with Crippen LogP contribution in [-0.4, -0.2) is 44.0 Å². The largest absolute Gasteiger partial charge is 0.350 e. The summed E-state index contributed by atoms with van der Waals surface area (Å²) in [6.07, 6.45) is 1.67. The molecule has 0 saturated heterocycles. The van der Waals surface area contributed by atoms with Crippen molar-refractivity contribution >= 4 is 5.91 Å². The molecule has 1 unspecified atom stereocenters. The normalized spacial score (nSPS) is 12.5. The fraction of sp³-hybridized carbons (Fsp3) is 0.533. The van der Waals surface area contributed by atoms with Crippen molar-refractivity contribution in [3.8, 4) is 0 Å². The molecule has 1 amide bonds. The highest BCUT2D eigenvalue weighted by Crippen LogP contribution is 2.09. The maximum absolute atomic E-state index is 12.2. The Balaban J connectivity index is 2.62. The number of nitrogens with one attached hydrogen (secondary N) is 1. The van der Waals surface area contributed by atoms with Crippen LogP contribution in [0.4, 0.5) is 0 Å². The number of amides is 1. The first kappa shape index (κ1) is 15.7. The Morgan fingerprint density at radius 1 is 1.37 bits per heavy atom. The Morgan fingerprint density at radius 3 is 2.68 bits per heavy atom. The second kappa shape index (κ2) is 7.92. The minimum absolute atomic E-state index is 0.00435. The quantitative estimate of drug-likeness (QED) is 0.778. The minimum Gasteiger partial charge on any atom is -0.350 e. The van der Waals surface area contributed by atoms with Crippen LogP contribution in [0.15, 0.2) is 24.3 Å². The van der Waals surface area contributed by atoms with Gasteiger partial charge in [0, 0.05) is 11.6 Å². The van der Waals surface area contributed by atoms with Crippen LogP contribution in [0, 0.1) is 0 Å². The van der Waals surface area contributed by atoms with Gasteiger partial charge < -0.3 is 16.0 Å². The zero-order chi connectivity index (χ0) is 14.3. The molecule has 0 fully saturated rings. The standard InChI is InChI=1S/C15H25N3O/c1-12(9-11-18(2)3)17-15(19)14-7-5-4-6-13(14)8-10-16/h4-7,12H,8-11,16H2,1-3H3,(H,17,19). The van der Waals surface area contributed by atoms with Crippen LogP contribution in [-0.2, 0) is 6.42 Å². The molecule has 0 aliphatic heterocycles. The van der Waals surface area contributed by atoms with Crippen molar-refractivity contribution in [1.82, 2.24) is 10.2 Å². The van der Waals surface area contributed by atoms with Crippen molar-refractivity contribution in [2.75, 3.05) is 27.2 Å². The average Bonchev–Trinajstić information content (AvgIpc) is 2.37. The first-order valence-corrected chi connectivity index (χ1v) is 6.78. The van der Waals surface area contributed by atoms with Crippen molar-refractivity contribution in [3.05, 3.63) is 35.4 Å². The molecule has 1 rings (SSSR count). The van der Waals surface area contributed by atoms with Gasteiger partial charge in [-0.2, -0.15) is 0 Å². The first-order chi connectivity index (χ1) is 9.04. The van der Waals surface area contributed by atoms with Crippen LogP contribution < -0.4 is 11.1 Å². The smallest absolute Gasteiger partial charge is 0.251 e. The highest BCUT2D eigenvalue weighted by Gasteiger charge is 2.13. The molecule has 0 bridgehead atoms. The highest BCUT2D eigenvalue weighted by atomic mass is 16.1. The molecule has 3 N–H and O–H groups in total. The number of nitrogens with two attached hydrogens (primary N) is 1. The maximum Gasteiger partial charge on any atom is 0.251 e. The van der Waals surface area contributed by atoms with Gasteiger partial charge in [0.2, 0.25) is 0 Å². The molecule has 0 saturated carbocycles. The molecule has 0 spiro atoms. The second-order valence-electron chi connectivity index (χ2n) is 5.16. The molecule has 1 aromatic rings. The number of carbonyl (C=O) groups is 1. The van der Waals surface area contributed by atoms with Crippen LogP contribution in [0.3, 0.4) is 0 Å². The highest BCUT2D eigenvalue weighted by molar-refractivity contribution is 5.95. The Kier molecular flexibility index (Phi) is 6.53. The Hall–Kier alpha value is -1.39. The van der Waals surface area contributed by atoms with Crippen molar-refractivity contribution in [3.63, 3.8) is 0 Å². The number of rotatable bonds is 7. The average molecular weight is 263 g/mol. The molecule has 4 heteroatoms. The molecule has 1 atom stereocenters. The van der Waals surface area contributed by atoms with Crippen LogP contribution in [0.25, 0.3) is 0 Å². The molecule has 1 aromatic carbocycles. The third kappa shape index (κ3) is 5.41. The number of hydrogen-bond donors (Lipinski definition) is 2. The van der Waals surface area contributed by atoms with Gasteiger partial charge in [0.15, 0.2) is 0 Å². The summed E-state index contributed by atoms with van der Waals surface area (Å²) in [5, 5.41) is 3.04. The van der Waals surface area contributed by atoms with Gasteiger partial charge in [0.1, 0.15) is 0 Å². The number of carbonyl (C=O) groups excluding carboxylic acids is 1. The van der Waals surface area contributed by atoms with Crippen LogP contribution in [0.5, 0.6) is 0 Å². The molecule has 0 heterocycles. The molecule has 106 valence electrons. The summed E-state index contributed by atoms with van der Waals surface area (Å²) < 4.78 is 0. The van der Waals surface area contributed by atoms with E-state index in [-0.39, 0.29) is 11.9 Å². The van der Waals surface area contributed by atoms with E-state index in [4.69, 9.17) is 5.73 Å². The van der Waals surface area contributed by atoms with Gasteiger partial charge in [-0.15, -0.1) is 0 Å². The van der Waals surface area contributed by atoms with Crippen molar-refractivity contribution < 1.29 is 4.79 Å². The maximum atomic E-state index is 12.2. The second-order valence-corrected chi connectivity index (χ2v) is 5.16. The molecule has 0 aromatic heterocycles. The topological polar surface area (TPSA) is 58.4 Å². The Labute approximate surface area is 116 Å². The van der Waals surface area contributed by atoms with Gasteiger partial charge >= 0.3 is 0 Å². The van der Waals surface area contributed by atoms with E-state index in [1.807, 2.05) is 45.3 Å². The summed E-state index contributed by atoms with van der Waals surface area (Å²) in [5.74, 6) is -0.00435. The first-order valence-electron chi connectivity index (χ1n) is 6.78. The zero-order valence-corrected chi connectivity index (χ0v) is 12.1. The fourth-order valence-corrected chi connectivity index (χ4v) is 1.94. The van der Waals surface area contributed by atoms with Gasteiger partial charge in [0.25, 0.3) is 5.91 Å². The van der Waals surface area contributed by atoms with Crippen LogP contribution in [0.1, 0.15) is 29.3 Å². The molecule has 0 aliphatic rings. The van der Waals surface area contributed by atoms with E-state index in [9.17, 15) is 4.79 Å². The Bertz CT molecular complexity index is 404. The molecule has 4 nitrogen and oxygen atoms in total. The predicted molar refractivity (Wildman–Crippen MR) is 79.3 cm³/mol. The van der Waals surface area contributed by atoms with Gasteiger partial charge in [0.05, 0.1) is 0 Å². The van der Waals surface area contributed by atoms with E-state index >= 15 is 0 Å².